The van der Waals surface area contributed by atoms with Crippen LogP contribution in [0.15, 0.2) is 28.7 Å². The monoisotopic (exact) mass is 355 g/mol. The molecule has 0 aliphatic heterocycles. The van der Waals surface area contributed by atoms with Crippen molar-refractivity contribution in [2.24, 2.45) is 5.73 Å². The summed E-state index contributed by atoms with van der Waals surface area (Å²) >= 11 is 3.46. The SMILES string of the molecule is CN(Cc1ccccc1Br)C(=O)CCNC(=O)CCCN. The van der Waals surface area contributed by atoms with Crippen LogP contribution < -0.4 is 11.1 Å². The van der Waals surface area contributed by atoms with Crippen molar-refractivity contribution in [3.05, 3.63) is 34.3 Å². The normalized spacial score (nSPS) is 10.2. The fourth-order valence-corrected chi connectivity index (χ4v) is 2.23. The molecular formula is C15H22BrN3O2. The summed E-state index contributed by atoms with van der Waals surface area (Å²) in [4.78, 5) is 25.0. The molecule has 0 aliphatic rings. The fraction of sp³-hybridized carbons (Fsp3) is 0.467. The van der Waals surface area contributed by atoms with Gasteiger partial charge in [-0.3, -0.25) is 9.59 Å². The molecule has 5 nitrogen and oxygen atoms in total. The maximum atomic E-state index is 12.0. The molecule has 116 valence electrons. The molecule has 2 amide bonds. The molecule has 6 heteroatoms. The Morgan fingerprint density at radius 1 is 1.29 bits per heavy atom. The molecule has 0 saturated heterocycles. The molecule has 1 aromatic rings. The van der Waals surface area contributed by atoms with Gasteiger partial charge in [0.15, 0.2) is 0 Å². The van der Waals surface area contributed by atoms with E-state index in [-0.39, 0.29) is 11.8 Å². The Labute approximate surface area is 134 Å². The molecule has 21 heavy (non-hydrogen) atoms. The lowest BCUT2D eigenvalue weighted by molar-refractivity contribution is -0.130. The first kappa shape index (κ1) is 17.7. The highest BCUT2D eigenvalue weighted by Crippen LogP contribution is 2.17. The molecule has 0 aliphatic carbocycles. The highest BCUT2D eigenvalue weighted by atomic mass is 79.9. The first-order valence-electron chi connectivity index (χ1n) is 6.98. The molecule has 0 fully saturated rings. The third kappa shape index (κ3) is 6.73. The molecule has 0 spiro atoms. The molecule has 1 aromatic carbocycles. The van der Waals surface area contributed by atoms with Gasteiger partial charge in [-0.15, -0.1) is 0 Å². The topological polar surface area (TPSA) is 75.4 Å². The number of benzene rings is 1. The molecule has 1 rings (SSSR count). The number of nitrogens with one attached hydrogen (secondary N) is 1. The number of hydrogen-bond donors (Lipinski definition) is 2. The Bertz CT molecular complexity index is 480. The van der Waals surface area contributed by atoms with Gasteiger partial charge in [0.25, 0.3) is 0 Å². The van der Waals surface area contributed by atoms with Crippen LogP contribution in [0.5, 0.6) is 0 Å². The number of carbonyl (C=O) groups excluding carboxylic acids is 2. The fourth-order valence-electron chi connectivity index (χ4n) is 1.82. The number of halogens is 1. The lowest BCUT2D eigenvalue weighted by Crippen LogP contribution is -2.32. The van der Waals surface area contributed by atoms with E-state index in [1.165, 1.54) is 0 Å². The Morgan fingerprint density at radius 2 is 2.00 bits per heavy atom. The maximum absolute atomic E-state index is 12.0. The van der Waals surface area contributed by atoms with Crippen molar-refractivity contribution in [2.45, 2.75) is 25.8 Å². The van der Waals surface area contributed by atoms with E-state index in [0.717, 1.165) is 10.0 Å². The van der Waals surface area contributed by atoms with Gasteiger partial charge in [-0.05, 0) is 24.6 Å². The van der Waals surface area contributed by atoms with Crippen molar-refractivity contribution in [2.75, 3.05) is 20.1 Å². The van der Waals surface area contributed by atoms with Crippen molar-refractivity contribution in [1.82, 2.24) is 10.2 Å². The second-order valence-corrected chi connectivity index (χ2v) is 5.69. The Hall–Kier alpha value is -1.40. The van der Waals surface area contributed by atoms with E-state index in [1.807, 2.05) is 24.3 Å². The molecule has 0 saturated carbocycles. The highest BCUT2D eigenvalue weighted by Gasteiger charge is 2.11. The highest BCUT2D eigenvalue weighted by molar-refractivity contribution is 9.10. The van der Waals surface area contributed by atoms with Crippen LogP contribution >= 0.6 is 15.9 Å². The quantitative estimate of drug-likeness (QED) is 0.744. The number of carbonyl (C=O) groups is 2. The number of rotatable bonds is 8. The second kappa shape index (κ2) is 9.52. The molecular weight excluding hydrogens is 334 g/mol. The molecule has 0 heterocycles. The number of nitrogens with two attached hydrogens (primary N) is 1. The average Bonchev–Trinajstić information content (AvgIpc) is 2.47. The molecule has 0 atom stereocenters. The van der Waals surface area contributed by atoms with Gasteiger partial charge in [0.05, 0.1) is 0 Å². The van der Waals surface area contributed by atoms with Crippen molar-refractivity contribution < 1.29 is 9.59 Å². The van der Waals surface area contributed by atoms with Gasteiger partial charge in [0.2, 0.25) is 11.8 Å². The summed E-state index contributed by atoms with van der Waals surface area (Å²) in [6.07, 6.45) is 1.38. The summed E-state index contributed by atoms with van der Waals surface area (Å²) in [5.41, 5.74) is 6.39. The van der Waals surface area contributed by atoms with Gasteiger partial charge >= 0.3 is 0 Å². The molecule has 0 unspecified atom stereocenters. The summed E-state index contributed by atoms with van der Waals surface area (Å²) < 4.78 is 0.986. The van der Waals surface area contributed by atoms with E-state index in [2.05, 4.69) is 21.2 Å². The van der Waals surface area contributed by atoms with E-state index < -0.39 is 0 Å². The van der Waals surface area contributed by atoms with Crippen LogP contribution in [-0.4, -0.2) is 36.9 Å². The summed E-state index contributed by atoms with van der Waals surface area (Å²) in [6, 6.07) is 7.80. The van der Waals surface area contributed by atoms with Gasteiger partial charge < -0.3 is 16.0 Å². The van der Waals surface area contributed by atoms with E-state index in [1.54, 1.807) is 11.9 Å². The summed E-state index contributed by atoms with van der Waals surface area (Å²) in [6.45, 7) is 1.41. The number of amides is 2. The van der Waals surface area contributed by atoms with Crippen molar-refractivity contribution >= 4 is 27.7 Å². The summed E-state index contributed by atoms with van der Waals surface area (Å²) in [5, 5.41) is 2.73. The van der Waals surface area contributed by atoms with Gasteiger partial charge in [-0.25, -0.2) is 0 Å². The Morgan fingerprint density at radius 3 is 2.67 bits per heavy atom. The van der Waals surface area contributed by atoms with Crippen LogP contribution in [0.1, 0.15) is 24.8 Å². The largest absolute Gasteiger partial charge is 0.356 e. The summed E-state index contributed by atoms with van der Waals surface area (Å²) in [7, 11) is 1.76. The van der Waals surface area contributed by atoms with Crippen molar-refractivity contribution in [3.63, 3.8) is 0 Å². The minimum Gasteiger partial charge on any atom is -0.356 e. The average molecular weight is 356 g/mol. The van der Waals surface area contributed by atoms with Gasteiger partial charge in [0.1, 0.15) is 0 Å². The predicted molar refractivity (Wildman–Crippen MR) is 86.5 cm³/mol. The molecule has 0 bridgehead atoms. The van der Waals surface area contributed by atoms with Crippen LogP contribution in [0.3, 0.4) is 0 Å². The zero-order valence-electron chi connectivity index (χ0n) is 12.3. The minimum atomic E-state index is -0.0540. The Balaban J connectivity index is 2.32. The third-order valence-electron chi connectivity index (χ3n) is 3.06. The smallest absolute Gasteiger partial charge is 0.224 e. The van der Waals surface area contributed by atoms with E-state index in [4.69, 9.17) is 5.73 Å². The van der Waals surface area contributed by atoms with Gasteiger partial charge in [0, 0.05) is 37.5 Å². The lowest BCUT2D eigenvalue weighted by atomic mass is 10.2. The molecule has 0 radical (unpaired) electrons. The van der Waals surface area contributed by atoms with Crippen molar-refractivity contribution in [1.29, 1.82) is 0 Å². The number of nitrogens with zero attached hydrogens (tertiary/aromatic N) is 1. The molecule has 3 N–H and O–H groups in total. The first-order chi connectivity index (χ1) is 10.0. The van der Waals surface area contributed by atoms with Crippen LogP contribution in [-0.2, 0) is 16.1 Å². The van der Waals surface area contributed by atoms with Crippen LogP contribution in [0.2, 0.25) is 0 Å². The van der Waals surface area contributed by atoms with E-state index in [9.17, 15) is 9.59 Å². The lowest BCUT2D eigenvalue weighted by Gasteiger charge is -2.18. The standard InChI is InChI=1S/C15H22BrN3O2/c1-19(11-12-5-2-3-6-13(12)16)15(21)8-10-18-14(20)7-4-9-17/h2-3,5-6H,4,7-11,17H2,1H3,(H,18,20). The summed E-state index contributed by atoms with van der Waals surface area (Å²) in [5.74, 6) is -0.0495. The Kier molecular flexibility index (Phi) is 8.00. The van der Waals surface area contributed by atoms with Crippen molar-refractivity contribution in [3.8, 4) is 0 Å². The second-order valence-electron chi connectivity index (χ2n) is 4.83. The van der Waals surface area contributed by atoms with E-state index in [0.29, 0.717) is 38.9 Å². The van der Waals surface area contributed by atoms with Crippen LogP contribution in [0.4, 0.5) is 0 Å². The first-order valence-corrected chi connectivity index (χ1v) is 7.78. The van der Waals surface area contributed by atoms with Crippen LogP contribution in [0, 0.1) is 0 Å². The zero-order chi connectivity index (χ0) is 15.7. The molecule has 0 aromatic heterocycles. The van der Waals surface area contributed by atoms with E-state index >= 15 is 0 Å². The predicted octanol–water partition coefficient (Wildman–Crippen LogP) is 1.65. The van der Waals surface area contributed by atoms with Gasteiger partial charge in [-0.2, -0.15) is 0 Å². The number of hydrogen-bond acceptors (Lipinski definition) is 3. The van der Waals surface area contributed by atoms with Crippen LogP contribution in [0.25, 0.3) is 0 Å². The zero-order valence-corrected chi connectivity index (χ0v) is 13.9. The maximum Gasteiger partial charge on any atom is 0.224 e. The minimum absolute atomic E-state index is 0.00452. The van der Waals surface area contributed by atoms with Gasteiger partial charge in [-0.1, -0.05) is 34.1 Å². The third-order valence-corrected chi connectivity index (χ3v) is 3.83.